The molecule has 0 bridgehead atoms. The molecule has 2 N–H and O–H groups in total. The molecule has 0 atom stereocenters. The van der Waals surface area contributed by atoms with E-state index in [9.17, 15) is 14.4 Å². The Morgan fingerprint density at radius 3 is 2.52 bits per heavy atom. The van der Waals surface area contributed by atoms with E-state index in [2.05, 4.69) is 15.6 Å². The van der Waals surface area contributed by atoms with Crippen LogP contribution >= 0.6 is 11.3 Å². The fraction of sp³-hybridized carbons (Fsp3) is 0.400. The third kappa shape index (κ3) is 6.07. The monoisotopic (exact) mass is 447 g/mol. The van der Waals surface area contributed by atoms with Crippen molar-refractivity contribution in [1.82, 2.24) is 14.8 Å². The molecule has 2 aromatic rings. The Bertz CT molecular complexity index is 926. The zero-order valence-electron chi connectivity index (χ0n) is 17.4. The molecule has 1 aromatic heterocycles. The topological polar surface area (TPSA) is 113 Å². The smallest absolute Gasteiger partial charge is 0.409 e. The zero-order valence-corrected chi connectivity index (χ0v) is 18.2. The molecule has 0 saturated carbocycles. The van der Waals surface area contributed by atoms with Gasteiger partial charge in [-0.15, -0.1) is 11.3 Å². The lowest BCUT2D eigenvalue weighted by Crippen LogP contribution is -2.51. The largest absolute Gasteiger partial charge is 0.495 e. The van der Waals surface area contributed by atoms with Gasteiger partial charge in [0.05, 0.1) is 31.5 Å². The Labute approximate surface area is 184 Å². The summed E-state index contributed by atoms with van der Waals surface area (Å²) < 4.78 is 10.2. The number of benzene rings is 1. The number of rotatable bonds is 6. The van der Waals surface area contributed by atoms with Crippen LogP contribution in [0.3, 0.4) is 0 Å². The molecule has 166 valence electrons. The third-order valence-electron chi connectivity index (χ3n) is 4.58. The van der Waals surface area contributed by atoms with Crippen molar-refractivity contribution in [3.05, 3.63) is 35.3 Å². The first kappa shape index (κ1) is 22.3. The van der Waals surface area contributed by atoms with E-state index in [0.717, 1.165) is 0 Å². The first-order valence-corrected chi connectivity index (χ1v) is 10.7. The van der Waals surface area contributed by atoms with Gasteiger partial charge in [-0.3, -0.25) is 10.1 Å². The normalized spacial score (nSPS) is 13.5. The van der Waals surface area contributed by atoms with Gasteiger partial charge in [0, 0.05) is 31.6 Å². The minimum atomic E-state index is -0.362. The van der Waals surface area contributed by atoms with E-state index in [-0.39, 0.29) is 24.5 Å². The molecule has 2 heterocycles. The molecule has 1 aliphatic heterocycles. The second-order valence-electron chi connectivity index (χ2n) is 6.67. The molecule has 1 aromatic carbocycles. The lowest BCUT2D eigenvalue weighted by Gasteiger charge is -2.33. The standard InChI is InChI=1S/C20H25N5O5S/c1-3-30-20(28)25-10-8-24(9-11-25)19(27)23-18-21-14(13-31-18)12-17(26)22-15-6-4-5-7-16(15)29-2/h4-7,13H,3,8-12H2,1-2H3,(H,22,26)(H,21,23,27). The number of para-hydroxylation sites is 2. The molecular weight excluding hydrogens is 422 g/mol. The highest BCUT2D eigenvalue weighted by Gasteiger charge is 2.25. The van der Waals surface area contributed by atoms with Crippen LogP contribution < -0.4 is 15.4 Å². The van der Waals surface area contributed by atoms with Crippen LogP contribution in [-0.2, 0) is 16.0 Å². The molecule has 3 rings (SSSR count). The first-order chi connectivity index (χ1) is 15.0. The molecule has 10 nitrogen and oxygen atoms in total. The van der Waals surface area contributed by atoms with Gasteiger partial charge in [0.25, 0.3) is 0 Å². The number of carbonyl (C=O) groups is 3. The second kappa shape index (κ2) is 10.6. The first-order valence-electron chi connectivity index (χ1n) is 9.85. The lowest BCUT2D eigenvalue weighted by molar-refractivity contribution is -0.115. The van der Waals surface area contributed by atoms with Crippen molar-refractivity contribution < 1.29 is 23.9 Å². The Kier molecular flexibility index (Phi) is 7.65. The number of amides is 4. The maximum absolute atomic E-state index is 12.5. The fourth-order valence-corrected chi connectivity index (χ4v) is 3.73. The number of piperazine rings is 1. The van der Waals surface area contributed by atoms with Crippen LogP contribution in [0.5, 0.6) is 5.75 Å². The minimum absolute atomic E-state index is 0.0721. The molecule has 0 unspecified atom stereocenters. The average Bonchev–Trinajstić information content (AvgIpc) is 3.20. The van der Waals surface area contributed by atoms with Gasteiger partial charge < -0.3 is 24.6 Å². The van der Waals surface area contributed by atoms with Gasteiger partial charge in [-0.2, -0.15) is 0 Å². The van der Waals surface area contributed by atoms with Gasteiger partial charge in [-0.1, -0.05) is 12.1 Å². The Morgan fingerprint density at radius 2 is 1.81 bits per heavy atom. The van der Waals surface area contributed by atoms with Crippen LogP contribution in [0.15, 0.2) is 29.6 Å². The van der Waals surface area contributed by atoms with E-state index in [1.54, 1.807) is 40.3 Å². The number of nitrogens with one attached hydrogen (secondary N) is 2. The van der Waals surface area contributed by atoms with Gasteiger partial charge in [-0.25, -0.2) is 14.6 Å². The summed E-state index contributed by atoms with van der Waals surface area (Å²) in [6, 6.07) is 6.86. The van der Waals surface area contributed by atoms with Crippen molar-refractivity contribution in [2.75, 3.05) is 50.5 Å². The van der Waals surface area contributed by atoms with Gasteiger partial charge in [0.1, 0.15) is 5.75 Å². The molecule has 0 aliphatic carbocycles. The summed E-state index contributed by atoms with van der Waals surface area (Å²) >= 11 is 1.25. The molecule has 0 radical (unpaired) electrons. The molecule has 1 fully saturated rings. The highest BCUT2D eigenvalue weighted by molar-refractivity contribution is 7.13. The van der Waals surface area contributed by atoms with Crippen molar-refractivity contribution in [1.29, 1.82) is 0 Å². The van der Waals surface area contributed by atoms with Gasteiger partial charge >= 0.3 is 12.1 Å². The van der Waals surface area contributed by atoms with Crippen molar-refractivity contribution in [3.8, 4) is 5.75 Å². The van der Waals surface area contributed by atoms with E-state index in [4.69, 9.17) is 9.47 Å². The number of anilines is 2. The minimum Gasteiger partial charge on any atom is -0.495 e. The van der Waals surface area contributed by atoms with Crippen LogP contribution in [0, 0.1) is 0 Å². The summed E-state index contributed by atoms with van der Waals surface area (Å²) in [5.74, 6) is 0.341. The Balaban J connectivity index is 1.48. The molecule has 31 heavy (non-hydrogen) atoms. The van der Waals surface area contributed by atoms with Crippen molar-refractivity contribution >= 4 is 40.2 Å². The maximum atomic E-state index is 12.5. The number of methoxy groups -OCH3 is 1. The predicted octanol–water partition coefficient (Wildman–Crippen LogP) is 2.64. The summed E-state index contributed by atoms with van der Waals surface area (Å²) in [6.45, 7) is 3.72. The van der Waals surface area contributed by atoms with Gasteiger partial charge in [-0.05, 0) is 19.1 Å². The van der Waals surface area contributed by atoms with E-state index in [1.165, 1.54) is 18.4 Å². The SMILES string of the molecule is CCOC(=O)N1CCN(C(=O)Nc2nc(CC(=O)Nc3ccccc3OC)cs2)CC1. The average molecular weight is 448 g/mol. The molecule has 4 amide bonds. The number of aromatic nitrogens is 1. The van der Waals surface area contributed by atoms with Gasteiger partial charge in [0.2, 0.25) is 5.91 Å². The number of urea groups is 1. The number of hydrogen-bond donors (Lipinski definition) is 2. The van der Waals surface area contributed by atoms with Crippen molar-refractivity contribution in [2.45, 2.75) is 13.3 Å². The molecule has 1 saturated heterocycles. The Hall–Kier alpha value is -3.34. The van der Waals surface area contributed by atoms with Crippen LogP contribution in [0.25, 0.3) is 0 Å². The zero-order chi connectivity index (χ0) is 22.2. The predicted molar refractivity (Wildman–Crippen MR) is 117 cm³/mol. The van der Waals surface area contributed by atoms with Crippen LogP contribution in [0.4, 0.5) is 20.4 Å². The van der Waals surface area contributed by atoms with E-state index >= 15 is 0 Å². The molecule has 11 heteroatoms. The third-order valence-corrected chi connectivity index (χ3v) is 5.39. The molecular formula is C20H25N5O5S. The quantitative estimate of drug-likeness (QED) is 0.704. The number of hydrogen-bond acceptors (Lipinski definition) is 7. The van der Waals surface area contributed by atoms with E-state index < -0.39 is 0 Å². The highest BCUT2D eigenvalue weighted by atomic mass is 32.1. The highest BCUT2D eigenvalue weighted by Crippen LogP contribution is 2.23. The molecule has 0 spiro atoms. The summed E-state index contributed by atoms with van der Waals surface area (Å²) in [7, 11) is 1.54. The summed E-state index contributed by atoms with van der Waals surface area (Å²) in [5, 5.41) is 7.69. The van der Waals surface area contributed by atoms with Crippen LogP contribution in [0.1, 0.15) is 12.6 Å². The maximum Gasteiger partial charge on any atom is 0.409 e. The number of thiazole rings is 1. The summed E-state index contributed by atoms with van der Waals surface area (Å²) in [5.41, 5.74) is 1.14. The molecule has 1 aliphatic rings. The van der Waals surface area contributed by atoms with Crippen molar-refractivity contribution in [3.63, 3.8) is 0 Å². The summed E-state index contributed by atoms with van der Waals surface area (Å²) in [6.07, 6.45) is -0.290. The number of carbonyl (C=O) groups excluding carboxylic acids is 3. The van der Waals surface area contributed by atoms with E-state index in [1.807, 2.05) is 6.07 Å². The van der Waals surface area contributed by atoms with Crippen LogP contribution in [-0.4, -0.2) is 72.7 Å². The second-order valence-corrected chi connectivity index (χ2v) is 7.53. The summed E-state index contributed by atoms with van der Waals surface area (Å²) in [4.78, 5) is 44.0. The van der Waals surface area contributed by atoms with Gasteiger partial charge in [0.15, 0.2) is 5.13 Å². The van der Waals surface area contributed by atoms with Crippen molar-refractivity contribution in [2.24, 2.45) is 0 Å². The fourth-order valence-electron chi connectivity index (χ4n) is 3.03. The Morgan fingerprint density at radius 1 is 1.10 bits per heavy atom. The number of nitrogens with zero attached hydrogens (tertiary/aromatic N) is 3. The number of ether oxygens (including phenoxy) is 2. The van der Waals surface area contributed by atoms with Crippen LogP contribution in [0.2, 0.25) is 0 Å². The van der Waals surface area contributed by atoms with E-state index in [0.29, 0.717) is 55.0 Å². The lowest BCUT2D eigenvalue weighted by atomic mass is 10.2.